The Morgan fingerprint density at radius 2 is 2.04 bits per heavy atom. The van der Waals surface area contributed by atoms with Gasteiger partial charge in [-0.05, 0) is 12.8 Å². The average molecular weight is 321 g/mol. The first-order chi connectivity index (χ1) is 11.1. The Balaban J connectivity index is 1.90. The van der Waals surface area contributed by atoms with Crippen molar-refractivity contribution in [1.29, 1.82) is 0 Å². The summed E-state index contributed by atoms with van der Waals surface area (Å²) < 4.78 is 5.35. The van der Waals surface area contributed by atoms with Crippen LogP contribution < -0.4 is 5.32 Å². The van der Waals surface area contributed by atoms with Gasteiger partial charge in [-0.1, -0.05) is 0 Å². The third-order valence-electron chi connectivity index (χ3n) is 3.69. The van der Waals surface area contributed by atoms with E-state index in [4.69, 9.17) is 4.74 Å². The number of amides is 3. The van der Waals surface area contributed by atoms with Crippen LogP contribution in [-0.4, -0.2) is 78.1 Å². The standard InChI is InChI=1S/C15H23N5O3/c1-19(2)15(22)20(12-3-9-23-10-4-12)8-7-18-14(21)13-11-16-5-6-17-13/h5-6,11-12H,3-4,7-10H2,1-2H3,(H,18,21). The fourth-order valence-electron chi connectivity index (χ4n) is 2.48. The molecule has 0 unspecified atom stereocenters. The summed E-state index contributed by atoms with van der Waals surface area (Å²) in [6, 6.07) is 0.0951. The summed E-state index contributed by atoms with van der Waals surface area (Å²) in [5.74, 6) is -0.290. The predicted octanol–water partition coefficient (Wildman–Crippen LogP) is 0.369. The molecule has 0 aromatic carbocycles. The van der Waals surface area contributed by atoms with Gasteiger partial charge in [0.1, 0.15) is 5.69 Å². The third-order valence-corrected chi connectivity index (χ3v) is 3.69. The van der Waals surface area contributed by atoms with Crippen molar-refractivity contribution >= 4 is 11.9 Å². The Morgan fingerprint density at radius 3 is 2.65 bits per heavy atom. The van der Waals surface area contributed by atoms with Crippen molar-refractivity contribution < 1.29 is 14.3 Å². The summed E-state index contributed by atoms with van der Waals surface area (Å²) in [6.07, 6.45) is 6.03. The van der Waals surface area contributed by atoms with E-state index in [0.717, 1.165) is 12.8 Å². The zero-order valence-electron chi connectivity index (χ0n) is 13.6. The van der Waals surface area contributed by atoms with Crippen LogP contribution in [-0.2, 0) is 4.74 Å². The van der Waals surface area contributed by atoms with Crippen LogP contribution in [0, 0.1) is 0 Å². The summed E-state index contributed by atoms with van der Waals surface area (Å²) in [5.41, 5.74) is 0.268. The summed E-state index contributed by atoms with van der Waals surface area (Å²) in [7, 11) is 3.46. The highest BCUT2D eigenvalue weighted by Crippen LogP contribution is 2.15. The maximum Gasteiger partial charge on any atom is 0.319 e. The molecule has 1 saturated heterocycles. The molecule has 126 valence electrons. The minimum Gasteiger partial charge on any atom is -0.381 e. The lowest BCUT2D eigenvalue weighted by Crippen LogP contribution is -2.50. The molecule has 0 bridgehead atoms. The molecule has 8 heteroatoms. The fourth-order valence-corrected chi connectivity index (χ4v) is 2.48. The van der Waals surface area contributed by atoms with Gasteiger partial charge in [0, 0.05) is 58.8 Å². The molecule has 3 amide bonds. The zero-order chi connectivity index (χ0) is 16.7. The van der Waals surface area contributed by atoms with Crippen LogP contribution in [0.25, 0.3) is 0 Å². The molecule has 1 fully saturated rings. The predicted molar refractivity (Wildman–Crippen MR) is 84.0 cm³/mol. The number of nitrogens with zero attached hydrogens (tertiary/aromatic N) is 4. The Labute approximate surface area is 135 Å². The summed E-state index contributed by atoms with van der Waals surface area (Å²) in [4.78, 5) is 35.5. The molecule has 1 aliphatic heterocycles. The van der Waals surface area contributed by atoms with Crippen LogP contribution in [0.1, 0.15) is 23.3 Å². The first-order valence-corrected chi connectivity index (χ1v) is 7.69. The first-order valence-electron chi connectivity index (χ1n) is 7.69. The van der Waals surface area contributed by atoms with E-state index in [0.29, 0.717) is 26.3 Å². The van der Waals surface area contributed by atoms with Crippen molar-refractivity contribution in [3.8, 4) is 0 Å². The van der Waals surface area contributed by atoms with E-state index in [1.807, 2.05) is 0 Å². The lowest BCUT2D eigenvalue weighted by molar-refractivity contribution is 0.0415. The molecule has 1 aromatic heterocycles. The Morgan fingerprint density at radius 1 is 1.30 bits per heavy atom. The van der Waals surface area contributed by atoms with E-state index in [1.54, 1.807) is 23.9 Å². The van der Waals surface area contributed by atoms with Crippen molar-refractivity contribution in [3.63, 3.8) is 0 Å². The minimum absolute atomic E-state index is 0.0503. The van der Waals surface area contributed by atoms with Gasteiger partial charge in [-0.2, -0.15) is 0 Å². The quantitative estimate of drug-likeness (QED) is 0.846. The summed E-state index contributed by atoms with van der Waals surface area (Å²) in [5, 5.41) is 2.78. The van der Waals surface area contributed by atoms with Crippen molar-refractivity contribution in [2.45, 2.75) is 18.9 Å². The van der Waals surface area contributed by atoms with Crippen molar-refractivity contribution in [1.82, 2.24) is 25.1 Å². The minimum atomic E-state index is -0.290. The normalized spacial score (nSPS) is 15.0. The molecule has 1 aliphatic rings. The molecule has 8 nitrogen and oxygen atoms in total. The van der Waals surface area contributed by atoms with Gasteiger partial charge in [-0.3, -0.25) is 9.78 Å². The van der Waals surface area contributed by atoms with Gasteiger partial charge in [0.2, 0.25) is 0 Å². The maximum atomic E-state index is 12.4. The first kappa shape index (κ1) is 17.1. The number of carbonyl (C=O) groups excluding carboxylic acids is 2. The summed E-state index contributed by atoms with van der Waals surface area (Å²) in [6.45, 7) is 2.14. The highest BCUT2D eigenvalue weighted by Gasteiger charge is 2.26. The molecule has 2 heterocycles. The number of rotatable bonds is 5. The zero-order valence-corrected chi connectivity index (χ0v) is 13.6. The van der Waals surface area contributed by atoms with Crippen LogP contribution in [0.3, 0.4) is 0 Å². The van der Waals surface area contributed by atoms with Crippen LogP contribution in [0.15, 0.2) is 18.6 Å². The second-order valence-corrected chi connectivity index (χ2v) is 5.56. The van der Waals surface area contributed by atoms with Crippen molar-refractivity contribution in [2.24, 2.45) is 0 Å². The topological polar surface area (TPSA) is 87.7 Å². The smallest absolute Gasteiger partial charge is 0.319 e. The number of nitrogens with one attached hydrogen (secondary N) is 1. The highest BCUT2D eigenvalue weighted by atomic mass is 16.5. The van der Waals surface area contributed by atoms with E-state index in [-0.39, 0.29) is 23.7 Å². The van der Waals surface area contributed by atoms with Gasteiger partial charge in [-0.15, -0.1) is 0 Å². The van der Waals surface area contributed by atoms with Crippen molar-refractivity contribution in [2.75, 3.05) is 40.4 Å². The molecule has 0 radical (unpaired) electrons. The molecule has 2 rings (SSSR count). The second-order valence-electron chi connectivity index (χ2n) is 5.56. The van der Waals surface area contributed by atoms with E-state index < -0.39 is 0 Å². The van der Waals surface area contributed by atoms with Crippen LogP contribution in [0.5, 0.6) is 0 Å². The lowest BCUT2D eigenvalue weighted by Gasteiger charge is -2.36. The van der Waals surface area contributed by atoms with E-state index >= 15 is 0 Å². The molecule has 1 aromatic rings. The molecular weight excluding hydrogens is 298 g/mol. The molecule has 0 saturated carbocycles. The third kappa shape index (κ3) is 4.88. The van der Waals surface area contributed by atoms with Crippen LogP contribution in [0.4, 0.5) is 4.79 Å². The number of carbonyl (C=O) groups is 2. The van der Waals surface area contributed by atoms with Crippen LogP contribution >= 0.6 is 0 Å². The largest absolute Gasteiger partial charge is 0.381 e. The van der Waals surface area contributed by atoms with Gasteiger partial charge < -0.3 is 19.9 Å². The fraction of sp³-hybridized carbons (Fsp3) is 0.600. The van der Waals surface area contributed by atoms with E-state index in [2.05, 4.69) is 15.3 Å². The SMILES string of the molecule is CN(C)C(=O)N(CCNC(=O)c1cnccn1)C1CCOCC1. The average Bonchev–Trinajstić information content (AvgIpc) is 2.59. The number of ether oxygens (including phenoxy) is 1. The maximum absolute atomic E-state index is 12.4. The van der Waals surface area contributed by atoms with Crippen molar-refractivity contribution in [3.05, 3.63) is 24.3 Å². The monoisotopic (exact) mass is 321 g/mol. The summed E-state index contributed by atoms with van der Waals surface area (Å²) >= 11 is 0. The van der Waals surface area contributed by atoms with Gasteiger partial charge in [-0.25, -0.2) is 9.78 Å². The Hall–Kier alpha value is -2.22. The van der Waals surface area contributed by atoms with Gasteiger partial charge >= 0.3 is 6.03 Å². The van der Waals surface area contributed by atoms with E-state index in [9.17, 15) is 9.59 Å². The molecule has 23 heavy (non-hydrogen) atoms. The number of aromatic nitrogens is 2. The molecular formula is C15H23N5O3. The van der Waals surface area contributed by atoms with Gasteiger partial charge in [0.25, 0.3) is 5.91 Å². The molecule has 0 spiro atoms. The van der Waals surface area contributed by atoms with E-state index in [1.165, 1.54) is 18.6 Å². The molecule has 1 N–H and O–H groups in total. The molecule has 0 aliphatic carbocycles. The van der Waals surface area contributed by atoms with Gasteiger partial charge in [0.05, 0.1) is 6.20 Å². The van der Waals surface area contributed by atoms with Gasteiger partial charge in [0.15, 0.2) is 0 Å². The lowest BCUT2D eigenvalue weighted by atomic mass is 10.1. The number of urea groups is 1. The Bertz CT molecular complexity index is 517. The van der Waals surface area contributed by atoms with Crippen LogP contribution in [0.2, 0.25) is 0 Å². The number of hydrogen-bond donors (Lipinski definition) is 1. The molecule has 0 atom stereocenters. The highest BCUT2D eigenvalue weighted by molar-refractivity contribution is 5.91. The Kier molecular flexibility index (Phi) is 6.28. The second kappa shape index (κ2) is 8.42. The number of hydrogen-bond acceptors (Lipinski definition) is 5.